The van der Waals surface area contributed by atoms with Crippen molar-refractivity contribution >= 4 is 21.4 Å². The Hall–Kier alpha value is -0.470. The lowest BCUT2D eigenvalue weighted by atomic mass is 9.94. The monoisotopic (exact) mass is 290 g/mol. The van der Waals surface area contributed by atoms with Crippen LogP contribution in [0.4, 0.5) is 0 Å². The number of sulfonamides is 1. The summed E-state index contributed by atoms with van der Waals surface area (Å²) in [6.07, 6.45) is 1.38. The van der Waals surface area contributed by atoms with Crippen LogP contribution in [0.15, 0.2) is 16.3 Å². The molecule has 1 aliphatic rings. The molecule has 0 spiro atoms. The predicted molar refractivity (Wildman–Crippen MR) is 71.0 cm³/mol. The van der Waals surface area contributed by atoms with Crippen molar-refractivity contribution in [2.24, 2.45) is 5.73 Å². The van der Waals surface area contributed by atoms with Gasteiger partial charge >= 0.3 is 0 Å². The van der Waals surface area contributed by atoms with Gasteiger partial charge in [0.05, 0.1) is 4.90 Å². The molecule has 0 aliphatic carbocycles. The maximum atomic E-state index is 12.3. The molecule has 18 heavy (non-hydrogen) atoms. The molecule has 1 aromatic rings. The van der Waals surface area contributed by atoms with E-state index >= 15 is 0 Å². The Morgan fingerprint density at radius 3 is 2.78 bits per heavy atom. The van der Waals surface area contributed by atoms with Crippen molar-refractivity contribution < 1.29 is 13.2 Å². The molecule has 2 heterocycles. The lowest BCUT2D eigenvalue weighted by Crippen LogP contribution is -2.49. The van der Waals surface area contributed by atoms with Crippen molar-refractivity contribution in [3.8, 4) is 0 Å². The van der Waals surface area contributed by atoms with E-state index < -0.39 is 15.6 Å². The number of rotatable bonds is 4. The maximum absolute atomic E-state index is 12.3. The molecular weight excluding hydrogens is 272 g/mol. The normalized spacial score (nSPS) is 19.9. The predicted octanol–water partition coefficient (Wildman–Crippen LogP) is 1.05. The second-order valence-electron chi connectivity index (χ2n) is 4.69. The van der Waals surface area contributed by atoms with E-state index in [-0.39, 0.29) is 6.54 Å². The van der Waals surface area contributed by atoms with Gasteiger partial charge in [0, 0.05) is 30.2 Å². The van der Waals surface area contributed by atoms with Gasteiger partial charge in [0.25, 0.3) is 0 Å². The summed E-state index contributed by atoms with van der Waals surface area (Å²) in [4.78, 5) is 1.00. The number of hydrogen-bond donors (Lipinski definition) is 2. The molecule has 0 bridgehead atoms. The second-order valence-corrected chi connectivity index (χ2v) is 7.34. The highest BCUT2D eigenvalue weighted by Crippen LogP contribution is 2.26. The fourth-order valence-electron chi connectivity index (χ4n) is 2.02. The molecule has 0 atom stereocenters. The van der Waals surface area contributed by atoms with E-state index in [1.165, 1.54) is 11.3 Å². The molecule has 0 saturated carbocycles. The molecule has 102 valence electrons. The third kappa shape index (κ3) is 2.92. The summed E-state index contributed by atoms with van der Waals surface area (Å²) in [5.74, 6) is 0. The van der Waals surface area contributed by atoms with Gasteiger partial charge in [-0.1, -0.05) is 0 Å². The van der Waals surface area contributed by atoms with E-state index in [1.54, 1.807) is 11.4 Å². The van der Waals surface area contributed by atoms with Gasteiger partial charge in [0.1, 0.15) is 0 Å². The van der Waals surface area contributed by atoms with Gasteiger partial charge < -0.3 is 10.5 Å². The fraction of sp³-hybridized carbons (Fsp3) is 0.636. The summed E-state index contributed by atoms with van der Waals surface area (Å²) in [6, 6.07) is 1.61. The first-order valence-electron chi connectivity index (χ1n) is 5.85. The lowest BCUT2D eigenvalue weighted by molar-refractivity contribution is 0.0537. The highest BCUT2D eigenvalue weighted by molar-refractivity contribution is 7.89. The highest BCUT2D eigenvalue weighted by Gasteiger charge is 2.33. The third-order valence-corrected chi connectivity index (χ3v) is 5.95. The molecule has 0 aromatic carbocycles. The molecule has 0 radical (unpaired) electrons. The summed E-state index contributed by atoms with van der Waals surface area (Å²) in [5.41, 5.74) is 5.13. The minimum absolute atomic E-state index is 0.244. The van der Waals surface area contributed by atoms with Crippen LogP contribution in [0, 0.1) is 0 Å². The van der Waals surface area contributed by atoms with Crippen LogP contribution in [-0.4, -0.2) is 27.2 Å². The topological polar surface area (TPSA) is 81.4 Å². The third-order valence-electron chi connectivity index (χ3n) is 3.16. The Labute approximate surface area is 111 Å². The van der Waals surface area contributed by atoms with Crippen LogP contribution in [0.1, 0.15) is 24.6 Å². The zero-order chi connectivity index (χ0) is 13.2. The average molecular weight is 290 g/mol. The van der Waals surface area contributed by atoms with Crippen molar-refractivity contribution in [1.82, 2.24) is 4.72 Å². The molecular formula is C11H18N2O3S2. The van der Waals surface area contributed by atoms with Gasteiger partial charge in [0.2, 0.25) is 10.0 Å². The van der Waals surface area contributed by atoms with E-state index in [4.69, 9.17) is 10.5 Å². The van der Waals surface area contributed by atoms with E-state index in [0.29, 0.717) is 35.8 Å². The smallest absolute Gasteiger partial charge is 0.242 e. The average Bonchev–Trinajstić information content (AvgIpc) is 2.77. The number of thiophene rings is 1. The quantitative estimate of drug-likeness (QED) is 0.868. The highest BCUT2D eigenvalue weighted by atomic mass is 32.2. The van der Waals surface area contributed by atoms with Crippen molar-refractivity contribution in [3.63, 3.8) is 0 Å². The van der Waals surface area contributed by atoms with E-state index in [2.05, 4.69) is 4.72 Å². The van der Waals surface area contributed by atoms with Gasteiger partial charge in [0.15, 0.2) is 0 Å². The molecule has 0 unspecified atom stereocenters. The van der Waals surface area contributed by atoms with Crippen LogP contribution in [0.3, 0.4) is 0 Å². The lowest BCUT2D eigenvalue weighted by Gasteiger charge is -2.34. The first-order valence-corrected chi connectivity index (χ1v) is 8.21. The molecule has 1 aliphatic heterocycles. The molecule has 2 rings (SSSR count). The van der Waals surface area contributed by atoms with E-state index in [1.807, 2.05) is 6.92 Å². The van der Waals surface area contributed by atoms with Crippen molar-refractivity contribution in [2.45, 2.75) is 36.7 Å². The number of nitrogens with two attached hydrogens (primary N) is 1. The standard InChI is InChI=1S/C11H18N2O3S2/c1-11(3-5-16-6-4-11)13-18(14,15)10-2-7-17-9(10)8-12/h2,7,13H,3-6,8,12H2,1H3. The summed E-state index contributed by atoms with van der Waals surface area (Å²) in [5, 5.41) is 1.75. The van der Waals surface area contributed by atoms with Crippen LogP contribution in [-0.2, 0) is 21.3 Å². The Morgan fingerprint density at radius 2 is 2.17 bits per heavy atom. The van der Waals surface area contributed by atoms with Gasteiger partial charge in [-0.2, -0.15) is 0 Å². The fourth-order valence-corrected chi connectivity index (χ4v) is 4.82. The first-order chi connectivity index (χ1) is 8.47. The summed E-state index contributed by atoms with van der Waals surface area (Å²) < 4.78 is 32.7. The van der Waals surface area contributed by atoms with Gasteiger partial charge in [-0.25, -0.2) is 13.1 Å². The van der Waals surface area contributed by atoms with Gasteiger partial charge in [-0.3, -0.25) is 0 Å². The molecule has 3 N–H and O–H groups in total. The Morgan fingerprint density at radius 1 is 1.50 bits per heavy atom. The molecule has 7 heteroatoms. The van der Waals surface area contributed by atoms with E-state index in [0.717, 1.165) is 0 Å². The largest absolute Gasteiger partial charge is 0.381 e. The Balaban J connectivity index is 2.21. The van der Waals surface area contributed by atoms with Crippen LogP contribution in [0.2, 0.25) is 0 Å². The maximum Gasteiger partial charge on any atom is 0.242 e. The van der Waals surface area contributed by atoms with Gasteiger partial charge in [-0.05, 0) is 31.2 Å². The first kappa shape index (κ1) is 14.0. The van der Waals surface area contributed by atoms with Crippen molar-refractivity contribution in [3.05, 3.63) is 16.3 Å². The minimum atomic E-state index is -3.49. The zero-order valence-corrected chi connectivity index (χ0v) is 11.9. The van der Waals surface area contributed by atoms with Crippen LogP contribution in [0.25, 0.3) is 0 Å². The van der Waals surface area contributed by atoms with E-state index in [9.17, 15) is 8.42 Å². The Bertz CT molecular complexity index is 504. The van der Waals surface area contributed by atoms with Crippen LogP contribution >= 0.6 is 11.3 Å². The molecule has 1 aromatic heterocycles. The van der Waals surface area contributed by atoms with Crippen LogP contribution in [0.5, 0.6) is 0 Å². The summed E-state index contributed by atoms with van der Waals surface area (Å²) in [7, 11) is -3.49. The molecule has 5 nitrogen and oxygen atoms in total. The molecule has 1 fully saturated rings. The Kier molecular flexibility index (Phi) is 4.08. The number of hydrogen-bond acceptors (Lipinski definition) is 5. The summed E-state index contributed by atoms with van der Waals surface area (Å²) in [6.45, 7) is 3.34. The number of ether oxygens (including phenoxy) is 1. The summed E-state index contributed by atoms with van der Waals surface area (Å²) >= 11 is 1.37. The molecule has 0 amide bonds. The molecule has 1 saturated heterocycles. The van der Waals surface area contributed by atoms with Crippen molar-refractivity contribution in [2.75, 3.05) is 13.2 Å². The SMILES string of the molecule is CC1(NS(=O)(=O)c2ccsc2CN)CCOCC1. The zero-order valence-electron chi connectivity index (χ0n) is 10.3. The second kappa shape index (κ2) is 5.26. The van der Waals surface area contributed by atoms with Gasteiger partial charge in [-0.15, -0.1) is 11.3 Å². The minimum Gasteiger partial charge on any atom is -0.381 e. The number of nitrogens with one attached hydrogen (secondary N) is 1. The van der Waals surface area contributed by atoms with Crippen LogP contribution < -0.4 is 10.5 Å². The van der Waals surface area contributed by atoms with Crippen molar-refractivity contribution in [1.29, 1.82) is 0 Å².